The van der Waals surface area contributed by atoms with Gasteiger partial charge in [0.05, 0.1) is 0 Å². The summed E-state index contributed by atoms with van der Waals surface area (Å²) < 4.78 is 0. The Bertz CT molecular complexity index is 165. The first-order valence-corrected chi connectivity index (χ1v) is 5.51. The molecule has 3 heteroatoms. The molecule has 0 aliphatic carbocycles. The summed E-state index contributed by atoms with van der Waals surface area (Å²) in [5, 5.41) is 2.99. The zero-order valence-electron chi connectivity index (χ0n) is 9.84. The van der Waals surface area contributed by atoms with Crippen molar-refractivity contribution in [2.45, 2.75) is 46.6 Å². The second-order valence-corrected chi connectivity index (χ2v) is 4.38. The van der Waals surface area contributed by atoms with Crippen molar-refractivity contribution in [3.8, 4) is 0 Å². The number of rotatable bonds is 6. The largest absolute Gasteiger partial charge is 0.353 e. The summed E-state index contributed by atoms with van der Waals surface area (Å²) in [6.45, 7) is 8.79. The molecule has 2 unspecified atom stereocenters. The number of hydrogen-bond donors (Lipinski definition) is 2. The first kappa shape index (κ1) is 13.4. The Kier molecular flexibility index (Phi) is 6.54. The topological polar surface area (TPSA) is 55.1 Å². The molecule has 84 valence electrons. The highest BCUT2D eigenvalue weighted by Gasteiger charge is 2.16. The van der Waals surface area contributed by atoms with Crippen LogP contribution in [0.2, 0.25) is 0 Å². The summed E-state index contributed by atoms with van der Waals surface area (Å²) in [5.74, 6) is 0.691. The Hall–Kier alpha value is -0.570. The SMILES string of the molecule is CCC(CN)C(=O)NC(C)CC(C)C. The average molecular weight is 200 g/mol. The molecule has 3 N–H and O–H groups in total. The van der Waals surface area contributed by atoms with Crippen molar-refractivity contribution in [1.29, 1.82) is 0 Å². The van der Waals surface area contributed by atoms with Gasteiger partial charge in [0.15, 0.2) is 0 Å². The molecule has 1 amide bonds. The van der Waals surface area contributed by atoms with E-state index >= 15 is 0 Å². The van der Waals surface area contributed by atoms with Crippen LogP contribution >= 0.6 is 0 Å². The van der Waals surface area contributed by atoms with Crippen molar-refractivity contribution in [3.05, 3.63) is 0 Å². The van der Waals surface area contributed by atoms with Crippen LogP contribution in [0.15, 0.2) is 0 Å². The third-order valence-electron chi connectivity index (χ3n) is 2.36. The van der Waals surface area contributed by atoms with Crippen LogP contribution in [-0.2, 0) is 4.79 Å². The molecule has 0 aromatic heterocycles. The monoisotopic (exact) mass is 200 g/mol. The Morgan fingerprint density at radius 2 is 1.93 bits per heavy atom. The van der Waals surface area contributed by atoms with Gasteiger partial charge in [0, 0.05) is 18.5 Å². The molecule has 0 aromatic rings. The van der Waals surface area contributed by atoms with Gasteiger partial charge in [-0.05, 0) is 25.7 Å². The van der Waals surface area contributed by atoms with Crippen LogP contribution in [0.5, 0.6) is 0 Å². The maximum absolute atomic E-state index is 11.6. The van der Waals surface area contributed by atoms with Gasteiger partial charge < -0.3 is 11.1 Å². The van der Waals surface area contributed by atoms with Gasteiger partial charge in [0.2, 0.25) is 5.91 Å². The molecular formula is C11H24N2O. The highest BCUT2D eigenvalue weighted by atomic mass is 16.1. The van der Waals surface area contributed by atoms with E-state index in [2.05, 4.69) is 19.2 Å². The number of nitrogens with two attached hydrogens (primary N) is 1. The number of nitrogens with one attached hydrogen (secondary N) is 1. The summed E-state index contributed by atoms with van der Waals surface area (Å²) in [4.78, 5) is 11.6. The zero-order chi connectivity index (χ0) is 11.1. The highest BCUT2D eigenvalue weighted by Crippen LogP contribution is 2.06. The second kappa shape index (κ2) is 6.82. The Balaban J connectivity index is 3.91. The van der Waals surface area contributed by atoms with Crippen molar-refractivity contribution in [3.63, 3.8) is 0 Å². The van der Waals surface area contributed by atoms with Crippen LogP contribution in [-0.4, -0.2) is 18.5 Å². The summed E-state index contributed by atoms with van der Waals surface area (Å²) in [6.07, 6.45) is 1.84. The predicted molar refractivity (Wildman–Crippen MR) is 59.9 cm³/mol. The second-order valence-electron chi connectivity index (χ2n) is 4.38. The van der Waals surface area contributed by atoms with Crippen LogP contribution in [0, 0.1) is 11.8 Å². The Labute approximate surface area is 87.4 Å². The van der Waals surface area contributed by atoms with Crippen LogP contribution in [0.3, 0.4) is 0 Å². The molecule has 2 atom stereocenters. The maximum Gasteiger partial charge on any atom is 0.224 e. The average Bonchev–Trinajstić information content (AvgIpc) is 2.04. The molecule has 0 fully saturated rings. The maximum atomic E-state index is 11.6. The number of carbonyl (C=O) groups excluding carboxylic acids is 1. The molecule has 14 heavy (non-hydrogen) atoms. The quantitative estimate of drug-likeness (QED) is 0.683. The summed E-state index contributed by atoms with van der Waals surface area (Å²) in [6, 6.07) is 0.253. The highest BCUT2D eigenvalue weighted by molar-refractivity contribution is 5.79. The van der Waals surface area contributed by atoms with Crippen LogP contribution < -0.4 is 11.1 Å². The van der Waals surface area contributed by atoms with E-state index in [1.54, 1.807) is 0 Å². The minimum absolute atomic E-state index is 0.0235. The normalized spacial score (nSPS) is 15.3. The lowest BCUT2D eigenvalue weighted by Crippen LogP contribution is -2.40. The number of carbonyl (C=O) groups is 1. The predicted octanol–water partition coefficient (Wildman–Crippen LogP) is 1.52. The van der Waals surface area contributed by atoms with Gasteiger partial charge in [-0.1, -0.05) is 20.8 Å². The van der Waals surface area contributed by atoms with Crippen molar-refractivity contribution in [2.75, 3.05) is 6.54 Å². The van der Waals surface area contributed by atoms with Crippen molar-refractivity contribution < 1.29 is 4.79 Å². The van der Waals surface area contributed by atoms with Crippen molar-refractivity contribution >= 4 is 5.91 Å². The van der Waals surface area contributed by atoms with E-state index in [0.29, 0.717) is 12.5 Å². The minimum atomic E-state index is -0.0235. The Morgan fingerprint density at radius 1 is 1.36 bits per heavy atom. The van der Waals surface area contributed by atoms with Crippen LogP contribution in [0.1, 0.15) is 40.5 Å². The van der Waals surface area contributed by atoms with Gasteiger partial charge in [-0.15, -0.1) is 0 Å². The van der Waals surface area contributed by atoms with Crippen LogP contribution in [0.25, 0.3) is 0 Å². The Morgan fingerprint density at radius 3 is 2.29 bits per heavy atom. The molecule has 3 nitrogen and oxygen atoms in total. The molecule has 0 spiro atoms. The van der Waals surface area contributed by atoms with Crippen molar-refractivity contribution in [2.24, 2.45) is 17.6 Å². The fourth-order valence-electron chi connectivity index (χ4n) is 1.59. The van der Waals surface area contributed by atoms with Gasteiger partial charge in [0.25, 0.3) is 0 Å². The molecular weight excluding hydrogens is 176 g/mol. The third-order valence-corrected chi connectivity index (χ3v) is 2.36. The van der Waals surface area contributed by atoms with E-state index in [1.807, 2.05) is 13.8 Å². The molecule has 0 saturated heterocycles. The van der Waals surface area contributed by atoms with Crippen molar-refractivity contribution in [1.82, 2.24) is 5.32 Å². The fourth-order valence-corrected chi connectivity index (χ4v) is 1.59. The minimum Gasteiger partial charge on any atom is -0.353 e. The molecule has 0 saturated carbocycles. The summed E-state index contributed by atoms with van der Waals surface area (Å²) in [5.41, 5.74) is 5.50. The van der Waals surface area contributed by atoms with E-state index in [-0.39, 0.29) is 17.9 Å². The van der Waals surface area contributed by atoms with Gasteiger partial charge in [-0.2, -0.15) is 0 Å². The zero-order valence-corrected chi connectivity index (χ0v) is 9.84. The van der Waals surface area contributed by atoms with Gasteiger partial charge in [0.1, 0.15) is 0 Å². The van der Waals surface area contributed by atoms with E-state index in [0.717, 1.165) is 12.8 Å². The number of amides is 1. The molecule has 0 aliphatic rings. The smallest absolute Gasteiger partial charge is 0.224 e. The van der Waals surface area contributed by atoms with Gasteiger partial charge in [-0.25, -0.2) is 0 Å². The van der Waals surface area contributed by atoms with Gasteiger partial charge >= 0.3 is 0 Å². The molecule has 0 radical (unpaired) electrons. The molecule has 0 aliphatic heterocycles. The standard InChI is InChI=1S/C11H24N2O/c1-5-10(7-12)11(14)13-9(4)6-8(2)3/h8-10H,5-7,12H2,1-4H3,(H,13,14). The molecule has 0 bridgehead atoms. The summed E-state index contributed by atoms with van der Waals surface area (Å²) >= 11 is 0. The molecule has 0 aromatic carbocycles. The van der Waals surface area contributed by atoms with E-state index in [4.69, 9.17) is 5.73 Å². The van der Waals surface area contributed by atoms with Gasteiger partial charge in [-0.3, -0.25) is 4.79 Å². The molecule has 0 rings (SSSR count). The lowest BCUT2D eigenvalue weighted by Gasteiger charge is -2.19. The number of hydrogen-bond acceptors (Lipinski definition) is 2. The van der Waals surface area contributed by atoms with E-state index in [9.17, 15) is 4.79 Å². The lowest BCUT2D eigenvalue weighted by molar-refractivity contribution is -0.125. The van der Waals surface area contributed by atoms with E-state index in [1.165, 1.54) is 0 Å². The molecule has 0 heterocycles. The van der Waals surface area contributed by atoms with E-state index < -0.39 is 0 Å². The third kappa shape index (κ3) is 5.22. The fraction of sp³-hybridized carbons (Fsp3) is 0.909. The first-order chi connectivity index (χ1) is 6.51. The van der Waals surface area contributed by atoms with Crippen LogP contribution in [0.4, 0.5) is 0 Å². The summed E-state index contributed by atoms with van der Waals surface area (Å²) in [7, 11) is 0. The first-order valence-electron chi connectivity index (χ1n) is 5.51. The lowest BCUT2D eigenvalue weighted by atomic mass is 10.0.